The summed E-state index contributed by atoms with van der Waals surface area (Å²) in [5.74, 6) is 0.358. The molecule has 10 heteroatoms. The number of carbonyl (C=O) groups excluding carboxylic acids is 2. The maximum Gasteiger partial charge on any atom is 0.317 e. The minimum atomic E-state index is -0.299. The van der Waals surface area contributed by atoms with Gasteiger partial charge in [0.15, 0.2) is 0 Å². The molecule has 36 heavy (non-hydrogen) atoms. The Bertz CT molecular complexity index is 1400. The van der Waals surface area contributed by atoms with Gasteiger partial charge in [-0.2, -0.15) is 0 Å². The highest BCUT2D eigenvalue weighted by Crippen LogP contribution is 2.29. The van der Waals surface area contributed by atoms with E-state index in [1.165, 1.54) is 18.5 Å². The van der Waals surface area contributed by atoms with Crippen LogP contribution in [0.1, 0.15) is 15.9 Å². The lowest BCUT2D eigenvalue weighted by atomic mass is 10.1. The van der Waals surface area contributed by atoms with Crippen molar-refractivity contribution in [2.24, 2.45) is 0 Å². The van der Waals surface area contributed by atoms with Crippen LogP contribution in [0.2, 0.25) is 0 Å². The van der Waals surface area contributed by atoms with E-state index in [9.17, 15) is 14.0 Å². The standard InChI is InChI=1S/C26H26FN7O2/c1-28-25(35)19-4-2-3-18(13-19)22-14-21-23(32-22)30-16-31-24(21)33-9-11-34(12-10-33)26(36)29-15-17-5-7-20(27)8-6-17/h2-8,13-14,16H,9-12,15H2,1H3,(H,28,35)(H,29,36)(H,30,31,32). The van der Waals surface area contributed by atoms with E-state index in [4.69, 9.17) is 0 Å². The molecular weight excluding hydrogens is 461 g/mol. The zero-order chi connectivity index (χ0) is 25.1. The normalized spacial score (nSPS) is 13.6. The Labute approximate surface area is 207 Å². The number of anilines is 1. The first kappa shape index (κ1) is 23.3. The number of urea groups is 1. The summed E-state index contributed by atoms with van der Waals surface area (Å²) >= 11 is 0. The number of H-pyrrole nitrogens is 1. The molecule has 0 saturated carbocycles. The summed E-state index contributed by atoms with van der Waals surface area (Å²) in [4.78, 5) is 40.8. The second kappa shape index (κ2) is 10.0. The summed E-state index contributed by atoms with van der Waals surface area (Å²) in [5.41, 5.74) is 3.85. The Kier molecular flexibility index (Phi) is 6.48. The van der Waals surface area contributed by atoms with Crippen molar-refractivity contribution in [2.45, 2.75) is 6.54 Å². The number of piperazine rings is 1. The van der Waals surface area contributed by atoms with Gasteiger partial charge in [0, 0.05) is 51.0 Å². The Morgan fingerprint density at radius 3 is 2.56 bits per heavy atom. The first-order chi connectivity index (χ1) is 17.5. The van der Waals surface area contributed by atoms with Crippen LogP contribution in [0.15, 0.2) is 60.9 Å². The number of rotatable bonds is 5. The Morgan fingerprint density at radius 1 is 1.03 bits per heavy atom. The average molecular weight is 488 g/mol. The van der Waals surface area contributed by atoms with Gasteiger partial charge in [-0.15, -0.1) is 0 Å². The van der Waals surface area contributed by atoms with Crippen molar-refractivity contribution in [1.82, 2.24) is 30.5 Å². The number of nitrogens with zero attached hydrogens (tertiary/aromatic N) is 4. The van der Waals surface area contributed by atoms with Crippen LogP contribution in [-0.2, 0) is 6.54 Å². The molecule has 3 heterocycles. The van der Waals surface area contributed by atoms with Crippen LogP contribution in [0.4, 0.5) is 15.0 Å². The van der Waals surface area contributed by atoms with Crippen molar-refractivity contribution in [3.8, 4) is 11.3 Å². The van der Waals surface area contributed by atoms with E-state index >= 15 is 0 Å². The number of benzene rings is 2. The third-order valence-electron chi connectivity index (χ3n) is 6.29. The molecule has 4 aromatic rings. The van der Waals surface area contributed by atoms with Gasteiger partial charge in [0.1, 0.15) is 23.6 Å². The number of hydrogen-bond donors (Lipinski definition) is 3. The number of hydrogen-bond acceptors (Lipinski definition) is 5. The third-order valence-corrected chi connectivity index (χ3v) is 6.29. The predicted octanol–water partition coefficient (Wildman–Crippen LogP) is 3.16. The summed E-state index contributed by atoms with van der Waals surface area (Å²) in [6.45, 7) is 2.70. The van der Waals surface area contributed by atoms with E-state index in [1.54, 1.807) is 30.1 Å². The molecule has 1 aliphatic rings. The summed E-state index contributed by atoms with van der Waals surface area (Å²) < 4.78 is 13.1. The predicted molar refractivity (Wildman–Crippen MR) is 135 cm³/mol. The topological polar surface area (TPSA) is 106 Å². The molecule has 2 aromatic carbocycles. The first-order valence-corrected chi connectivity index (χ1v) is 11.7. The maximum absolute atomic E-state index is 13.1. The van der Waals surface area contributed by atoms with Crippen LogP contribution in [-0.4, -0.2) is 65.0 Å². The summed E-state index contributed by atoms with van der Waals surface area (Å²) in [6.07, 6.45) is 1.53. The van der Waals surface area contributed by atoms with Crippen LogP contribution < -0.4 is 15.5 Å². The van der Waals surface area contributed by atoms with Gasteiger partial charge in [-0.25, -0.2) is 19.2 Å². The zero-order valence-electron chi connectivity index (χ0n) is 19.8. The molecule has 1 saturated heterocycles. The number of carbonyl (C=O) groups is 2. The van der Waals surface area contributed by atoms with Gasteiger partial charge in [-0.1, -0.05) is 24.3 Å². The minimum absolute atomic E-state index is 0.145. The molecule has 0 bridgehead atoms. The fourth-order valence-electron chi connectivity index (χ4n) is 4.32. The summed E-state index contributed by atoms with van der Waals surface area (Å²) in [7, 11) is 1.61. The van der Waals surface area contributed by atoms with Crippen LogP contribution in [0.3, 0.4) is 0 Å². The fraction of sp³-hybridized carbons (Fsp3) is 0.231. The summed E-state index contributed by atoms with van der Waals surface area (Å²) in [6, 6.07) is 15.3. The molecule has 0 aliphatic carbocycles. The van der Waals surface area contributed by atoms with Gasteiger partial charge >= 0.3 is 6.03 Å². The molecule has 0 unspecified atom stereocenters. The lowest BCUT2D eigenvalue weighted by Gasteiger charge is -2.35. The highest BCUT2D eigenvalue weighted by Gasteiger charge is 2.24. The first-order valence-electron chi connectivity index (χ1n) is 11.7. The van der Waals surface area contributed by atoms with Crippen molar-refractivity contribution in [2.75, 3.05) is 38.1 Å². The van der Waals surface area contributed by atoms with Crippen molar-refractivity contribution >= 4 is 28.8 Å². The van der Waals surface area contributed by atoms with Gasteiger partial charge < -0.3 is 25.4 Å². The minimum Gasteiger partial charge on any atom is -0.355 e. The monoisotopic (exact) mass is 487 g/mol. The number of nitrogens with one attached hydrogen (secondary N) is 3. The van der Waals surface area contributed by atoms with E-state index in [0.717, 1.165) is 28.0 Å². The molecular formula is C26H26FN7O2. The van der Waals surface area contributed by atoms with Gasteiger partial charge in [0.05, 0.1) is 5.39 Å². The van der Waals surface area contributed by atoms with Crippen LogP contribution in [0.25, 0.3) is 22.3 Å². The largest absolute Gasteiger partial charge is 0.355 e. The van der Waals surface area contributed by atoms with Crippen molar-refractivity contribution in [3.05, 3.63) is 77.9 Å². The molecule has 2 aromatic heterocycles. The number of fused-ring (bicyclic) bond motifs is 1. The van der Waals surface area contributed by atoms with E-state index < -0.39 is 0 Å². The number of aromatic amines is 1. The second-order valence-electron chi connectivity index (χ2n) is 8.56. The van der Waals surface area contributed by atoms with Gasteiger partial charge in [-0.3, -0.25) is 4.79 Å². The Morgan fingerprint density at radius 2 is 1.81 bits per heavy atom. The number of aromatic nitrogens is 3. The van der Waals surface area contributed by atoms with Gasteiger partial charge in [0.25, 0.3) is 5.91 Å². The molecule has 0 atom stereocenters. The molecule has 184 valence electrons. The molecule has 0 radical (unpaired) electrons. The highest BCUT2D eigenvalue weighted by molar-refractivity contribution is 5.96. The Hall–Kier alpha value is -4.47. The highest BCUT2D eigenvalue weighted by atomic mass is 19.1. The van der Waals surface area contributed by atoms with Crippen molar-refractivity contribution < 1.29 is 14.0 Å². The van der Waals surface area contributed by atoms with E-state index in [0.29, 0.717) is 43.9 Å². The molecule has 0 spiro atoms. The second-order valence-corrected chi connectivity index (χ2v) is 8.56. The number of amides is 3. The molecule has 3 amide bonds. The third kappa shape index (κ3) is 4.83. The lowest BCUT2D eigenvalue weighted by Crippen LogP contribution is -2.52. The smallest absolute Gasteiger partial charge is 0.317 e. The molecule has 1 fully saturated rings. The summed E-state index contributed by atoms with van der Waals surface area (Å²) in [5, 5.41) is 6.42. The maximum atomic E-state index is 13.1. The van der Waals surface area contributed by atoms with Crippen molar-refractivity contribution in [3.63, 3.8) is 0 Å². The van der Waals surface area contributed by atoms with E-state index in [-0.39, 0.29) is 17.8 Å². The molecule has 3 N–H and O–H groups in total. The lowest BCUT2D eigenvalue weighted by molar-refractivity contribution is 0.0963. The van der Waals surface area contributed by atoms with Crippen LogP contribution >= 0.6 is 0 Å². The van der Waals surface area contributed by atoms with Gasteiger partial charge in [-0.05, 0) is 41.5 Å². The van der Waals surface area contributed by atoms with Gasteiger partial charge in [0.2, 0.25) is 0 Å². The Balaban J connectivity index is 1.27. The molecule has 1 aliphatic heterocycles. The van der Waals surface area contributed by atoms with Crippen LogP contribution in [0, 0.1) is 5.82 Å². The van der Waals surface area contributed by atoms with E-state index in [1.807, 2.05) is 24.3 Å². The SMILES string of the molecule is CNC(=O)c1cccc(-c2cc3c(N4CCN(C(=O)NCc5ccc(F)cc5)CC4)ncnc3[nH]2)c1. The average Bonchev–Trinajstić information content (AvgIpc) is 3.37. The molecule has 5 rings (SSSR count). The number of halogens is 1. The molecule has 9 nitrogen and oxygen atoms in total. The zero-order valence-corrected chi connectivity index (χ0v) is 19.8. The van der Waals surface area contributed by atoms with Crippen LogP contribution in [0.5, 0.6) is 0 Å². The van der Waals surface area contributed by atoms with Crippen molar-refractivity contribution in [1.29, 1.82) is 0 Å². The quantitative estimate of drug-likeness (QED) is 0.401. The van der Waals surface area contributed by atoms with E-state index in [2.05, 4.69) is 30.5 Å². The fourth-order valence-corrected chi connectivity index (χ4v) is 4.32.